The fourth-order valence-corrected chi connectivity index (χ4v) is 1.69. The number of hydrogen-bond acceptors (Lipinski definition) is 3. The molecule has 2 fully saturated rings. The van der Waals surface area contributed by atoms with Crippen LogP contribution in [0.15, 0.2) is 30.3 Å². The molecule has 0 aliphatic carbocycles. The fraction of sp³-hybridized carbons (Fsp3) is 0.500. The zero-order valence-electron chi connectivity index (χ0n) is 8.52. The number of benzene rings is 1. The van der Waals surface area contributed by atoms with E-state index in [0.717, 1.165) is 25.4 Å². The van der Waals surface area contributed by atoms with Crippen LogP contribution in [-0.2, 0) is 9.47 Å². The summed E-state index contributed by atoms with van der Waals surface area (Å²) in [6.45, 7) is 2.33. The molecule has 2 atom stereocenters. The summed E-state index contributed by atoms with van der Waals surface area (Å²) in [5, 5.41) is 0. The molecule has 1 aromatic carbocycles. The van der Waals surface area contributed by atoms with Gasteiger partial charge in [-0.05, 0) is 12.1 Å². The highest BCUT2D eigenvalue weighted by atomic mass is 16.6. The molecule has 3 rings (SSSR count). The Kier molecular flexibility index (Phi) is 2.15. The Morgan fingerprint density at radius 3 is 2.67 bits per heavy atom. The first kappa shape index (κ1) is 9.19. The Morgan fingerprint density at radius 1 is 1.33 bits per heavy atom. The van der Waals surface area contributed by atoms with Crippen LogP contribution in [0.25, 0.3) is 0 Å². The number of ether oxygens (including phenoxy) is 3. The summed E-state index contributed by atoms with van der Waals surface area (Å²) >= 11 is 0. The Balaban J connectivity index is 1.53. The Morgan fingerprint density at radius 2 is 2.07 bits per heavy atom. The van der Waals surface area contributed by atoms with Crippen molar-refractivity contribution < 1.29 is 14.2 Å². The summed E-state index contributed by atoms with van der Waals surface area (Å²) in [6.07, 6.45) is 1.38. The molecule has 3 heteroatoms. The van der Waals surface area contributed by atoms with Gasteiger partial charge in [0.05, 0.1) is 19.3 Å². The van der Waals surface area contributed by atoms with Crippen LogP contribution in [-0.4, -0.2) is 31.5 Å². The molecule has 2 saturated heterocycles. The van der Waals surface area contributed by atoms with Crippen molar-refractivity contribution in [2.75, 3.05) is 19.8 Å². The second-order valence-corrected chi connectivity index (χ2v) is 4.23. The second kappa shape index (κ2) is 3.51. The molecule has 0 aromatic heterocycles. The van der Waals surface area contributed by atoms with E-state index >= 15 is 0 Å². The van der Waals surface area contributed by atoms with Crippen molar-refractivity contribution in [1.82, 2.24) is 0 Å². The minimum atomic E-state index is -0.0585. The quantitative estimate of drug-likeness (QED) is 0.686. The molecule has 15 heavy (non-hydrogen) atoms. The molecule has 2 aliphatic rings. The summed E-state index contributed by atoms with van der Waals surface area (Å²) < 4.78 is 16.3. The summed E-state index contributed by atoms with van der Waals surface area (Å²) in [5.74, 6) is 0.907. The highest BCUT2D eigenvalue weighted by molar-refractivity contribution is 5.21. The van der Waals surface area contributed by atoms with Crippen LogP contribution in [0, 0.1) is 0 Å². The number of hydrogen-bond donors (Lipinski definition) is 0. The summed E-state index contributed by atoms with van der Waals surface area (Å²) in [5.41, 5.74) is -0.0585. The zero-order chi connectivity index (χ0) is 10.1. The van der Waals surface area contributed by atoms with Gasteiger partial charge in [-0.25, -0.2) is 0 Å². The summed E-state index contributed by atoms with van der Waals surface area (Å²) in [7, 11) is 0. The standard InChI is InChI=1S/C12H14O3/c1-2-4-10(5-3-1)14-8-12(9-15-12)6-11-7-13-11/h1-5,11H,6-9H2. The van der Waals surface area contributed by atoms with E-state index in [2.05, 4.69) is 0 Å². The van der Waals surface area contributed by atoms with Crippen molar-refractivity contribution in [3.8, 4) is 5.75 Å². The Hall–Kier alpha value is -1.06. The number of rotatable bonds is 5. The SMILES string of the molecule is c1ccc(OCC2(CC3CO3)CO2)cc1. The van der Waals surface area contributed by atoms with Gasteiger partial charge >= 0.3 is 0 Å². The van der Waals surface area contributed by atoms with Gasteiger partial charge in [-0.15, -0.1) is 0 Å². The van der Waals surface area contributed by atoms with E-state index in [-0.39, 0.29) is 5.60 Å². The molecule has 0 amide bonds. The largest absolute Gasteiger partial charge is 0.490 e. The lowest BCUT2D eigenvalue weighted by Crippen LogP contribution is -2.23. The van der Waals surface area contributed by atoms with Crippen molar-refractivity contribution in [3.63, 3.8) is 0 Å². The van der Waals surface area contributed by atoms with Gasteiger partial charge in [0, 0.05) is 6.42 Å². The van der Waals surface area contributed by atoms with Gasteiger partial charge in [-0.3, -0.25) is 0 Å². The van der Waals surface area contributed by atoms with E-state index in [0.29, 0.717) is 12.7 Å². The van der Waals surface area contributed by atoms with Crippen molar-refractivity contribution in [3.05, 3.63) is 30.3 Å². The number of epoxide rings is 2. The lowest BCUT2D eigenvalue weighted by molar-refractivity contribution is 0.170. The molecule has 80 valence electrons. The van der Waals surface area contributed by atoms with Crippen LogP contribution in [0.5, 0.6) is 5.75 Å². The summed E-state index contributed by atoms with van der Waals surface area (Å²) in [6, 6.07) is 9.85. The molecule has 0 saturated carbocycles. The Bertz CT molecular complexity index is 328. The van der Waals surface area contributed by atoms with Gasteiger partial charge in [0.25, 0.3) is 0 Å². The predicted molar refractivity (Wildman–Crippen MR) is 55.0 cm³/mol. The van der Waals surface area contributed by atoms with Gasteiger partial charge in [0.1, 0.15) is 18.0 Å². The molecule has 1 aromatic rings. The third kappa shape index (κ3) is 2.30. The first-order valence-corrected chi connectivity index (χ1v) is 5.30. The second-order valence-electron chi connectivity index (χ2n) is 4.23. The molecule has 3 nitrogen and oxygen atoms in total. The maximum atomic E-state index is 5.68. The molecule has 2 heterocycles. The zero-order valence-corrected chi connectivity index (χ0v) is 8.52. The van der Waals surface area contributed by atoms with Crippen molar-refractivity contribution >= 4 is 0 Å². The summed E-state index contributed by atoms with van der Waals surface area (Å²) in [4.78, 5) is 0. The van der Waals surface area contributed by atoms with Crippen LogP contribution < -0.4 is 4.74 Å². The monoisotopic (exact) mass is 206 g/mol. The molecule has 2 aliphatic heterocycles. The van der Waals surface area contributed by atoms with E-state index < -0.39 is 0 Å². The lowest BCUT2D eigenvalue weighted by atomic mass is 10.1. The molecule has 0 radical (unpaired) electrons. The van der Waals surface area contributed by atoms with E-state index in [4.69, 9.17) is 14.2 Å². The van der Waals surface area contributed by atoms with Crippen LogP contribution in [0.4, 0.5) is 0 Å². The highest BCUT2D eigenvalue weighted by Gasteiger charge is 2.49. The third-order valence-electron chi connectivity index (χ3n) is 2.80. The third-order valence-corrected chi connectivity index (χ3v) is 2.80. The predicted octanol–water partition coefficient (Wildman–Crippen LogP) is 1.62. The van der Waals surface area contributed by atoms with E-state index in [9.17, 15) is 0 Å². The van der Waals surface area contributed by atoms with E-state index in [1.807, 2.05) is 30.3 Å². The van der Waals surface area contributed by atoms with Crippen LogP contribution in [0.3, 0.4) is 0 Å². The van der Waals surface area contributed by atoms with Gasteiger partial charge in [-0.2, -0.15) is 0 Å². The minimum Gasteiger partial charge on any atom is -0.490 e. The normalized spacial score (nSPS) is 32.4. The van der Waals surface area contributed by atoms with Crippen LogP contribution in [0.2, 0.25) is 0 Å². The van der Waals surface area contributed by atoms with Crippen molar-refractivity contribution in [2.45, 2.75) is 18.1 Å². The Labute approximate surface area is 89.0 Å². The maximum Gasteiger partial charge on any atom is 0.128 e. The van der Waals surface area contributed by atoms with Crippen LogP contribution >= 0.6 is 0 Å². The number of para-hydroxylation sites is 1. The van der Waals surface area contributed by atoms with Gasteiger partial charge < -0.3 is 14.2 Å². The van der Waals surface area contributed by atoms with E-state index in [1.165, 1.54) is 0 Å². The highest BCUT2D eigenvalue weighted by Crippen LogP contribution is 2.36. The smallest absolute Gasteiger partial charge is 0.128 e. The maximum absolute atomic E-state index is 5.68. The topological polar surface area (TPSA) is 34.3 Å². The van der Waals surface area contributed by atoms with Crippen molar-refractivity contribution in [2.24, 2.45) is 0 Å². The molecule has 0 bridgehead atoms. The van der Waals surface area contributed by atoms with Gasteiger partial charge in [0.15, 0.2) is 0 Å². The fourth-order valence-electron chi connectivity index (χ4n) is 1.69. The first-order chi connectivity index (χ1) is 7.36. The minimum absolute atomic E-state index is 0.0585. The van der Waals surface area contributed by atoms with Crippen molar-refractivity contribution in [1.29, 1.82) is 0 Å². The molecular formula is C12H14O3. The first-order valence-electron chi connectivity index (χ1n) is 5.30. The molecule has 0 spiro atoms. The van der Waals surface area contributed by atoms with Gasteiger partial charge in [0.2, 0.25) is 0 Å². The average Bonchev–Trinajstić information content (AvgIpc) is 3.17. The van der Waals surface area contributed by atoms with E-state index in [1.54, 1.807) is 0 Å². The van der Waals surface area contributed by atoms with Crippen LogP contribution in [0.1, 0.15) is 6.42 Å². The molecular weight excluding hydrogens is 192 g/mol. The average molecular weight is 206 g/mol. The molecule has 2 unspecified atom stereocenters. The molecule has 0 N–H and O–H groups in total. The van der Waals surface area contributed by atoms with Gasteiger partial charge in [-0.1, -0.05) is 18.2 Å². The lowest BCUT2D eigenvalue weighted by Gasteiger charge is -2.11.